The van der Waals surface area contributed by atoms with Crippen LogP contribution in [0.5, 0.6) is 0 Å². The van der Waals surface area contributed by atoms with E-state index in [1.807, 2.05) is 13.0 Å². The van der Waals surface area contributed by atoms with Gasteiger partial charge < -0.3 is 10.0 Å². The molecule has 152 valence electrons. The van der Waals surface area contributed by atoms with Gasteiger partial charge in [-0.15, -0.1) is 11.3 Å². The molecular formula is C22H18ClN3O3S. The summed E-state index contributed by atoms with van der Waals surface area (Å²) in [5.74, 6) is -1.52. The number of halogens is 1. The molecule has 3 heterocycles. The largest absolute Gasteiger partial charge is 0.503 e. The topological polar surface area (TPSA) is 83.4 Å². The van der Waals surface area contributed by atoms with Crippen LogP contribution in [0, 0.1) is 13.8 Å². The van der Waals surface area contributed by atoms with E-state index in [2.05, 4.69) is 9.97 Å². The van der Waals surface area contributed by atoms with Crippen LogP contribution in [0.4, 0.5) is 0 Å². The smallest absolute Gasteiger partial charge is 0.290 e. The lowest BCUT2D eigenvalue weighted by molar-refractivity contribution is -0.130. The van der Waals surface area contributed by atoms with Crippen molar-refractivity contribution in [3.05, 3.63) is 91.9 Å². The number of aromatic nitrogens is 2. The molecule has 1 amide bonds. The molecule has 0 aliphatic carbocycles. The zero-order valence-corrected chi connectivity index (χ0v) is 17.9. The highest BCUT2D eigenvalue weighted by atomic mass is 35.5. The minimum atomic E-state index is -0.746. The third-order valence-electron chi connectivity index (χ3n) is 4.92. The molecule has 6 nitrogen and oxygen atoms in total. The van der Waals surface area contributed by atoms with E-state index < -0.39 is 23.5 Å². The summed E-state index contributed by atoms with van der Waals surface area (Å²) >= 11 is 7.29. The van der Waals surface area contributed by atoms with Crippen molar-refractivity contribution in [3.8, 4) is 0 Å². The summed E-state index contributed by atoms with van der Waals surface area (Å²) < 4.78 is 0. The third-order valence-corrected chi connectivity index (χ3v) is 6.24. The molecule has 1 N–H and O–H groups in total. The number of aliphatic hydroxyl groups is 1. The molecule has 1 aromatic carbocycles. The van der Waals surface area contributed by atoms with E-state index in [1.54, 1.807) is 49.6 Å². The maximum Gasteiger partial charge on any atom is 0.290 e. The van der Waals surface area contributed by atoms with Gasteiger partial charge in [0, 0.05) is 24.0 Å². The Morgan fingerprint density at radius 2 is 1.97 bits per heavy atom. The van der Waals surface area contributed by atoms with Gasteiger partial charge in [-0.05, 0) is 43.2 Å². The predicted octanol–water partition coefficient (Wildman–Crippen LogP) is 4.59. The van der Waals surface area contributed by atoms with Gasteiger partial charge in [0.25, 0.3) is 5.91 Å². The van der Waals surface area contributed by atoms with Crippen molar-refractivity contribution >= 4 is 34.6 Å². The van der Waals surface area contributed by atoms with Gasteiger partial charge in [0.2, 0.25) is 5.78 Å². The van der Waals surface area contributed by atoms with E-state index in [1.165, 1.54) is 16.2 Å². The summed E-state index contributed by atoms with van der Waals surface area (Å²) in [5.41, 5.74) is 2.10. The molecule has 3 aromatic rings. The van der Waals surface area contributed by atoms with Gasteiger partial charge in [-0.2, -0.15) is 0 Å². The highest BCUT2D eigenvalue weighted by Gasteiger charge is 2.44. The van der Waals surface area contributed by atoms with Gasteiger partial charge in [0.1, 0.15) is 0 Å². The molecule has 0 unspecified atom stereocenters. The highest BCUT2D eigenvalue weighted by molar-refractivity contribution is 7.14. The molecule has 1 atom stereocenters. The number of pyridine rings is 1. The van der Waals surface area contributed by atoms with Gasteiger partial charge in [0.15, 0.2) is 5.76 Å². The molecular weight excluding hydrogens is 422 g/mol. The lowest BCUT2D eigenvalue weighted by Gasteiger charge is -2.26. The Labute approximate surface area is 182 Å². The van der Waals surface area contributed by atoms with Crippen molar-refractivity contribution in [2.45, 2.75) is 26.4 Å². The predicted molar refractivity (Wildman–Crippen MR) is 115 cm³/mol. The lowest BCUT2D eigenvalue weighted by atomic mass is 9.95. The van der Waals surface area contributed by atoms with Crippen molar-refractivity contribution in [2.24, 2.45) is 0 Å². The maximum absolute atomic E-state index is 13.4. The average molecular weight is 440 g/mol. The second kappa shape index (κ2) is 8.01. The molecule has 0 fully saturated rings. The Balaban J connectivity index is 1.81. The Hall–Kier alpha value is -3.03. The lowest BCUT2D eigenvalue weighted by Crippen LogP contribution is -2.30. The van der Waals surface area contributed by atoms with Gasteiger partial charge in [0.05, 0.1) is 27.2 Å². The summed E-state index contributed by atoms with van der Waals surface area (Å²) in [6.45, 7) is 3.76. The first kappa shape index (κ1) is 20.3. The number of aryl methyl sites for hydroxylation is 2. The number of nitrogens with zero attached hydrogens (tertiary/aromatic N) is 3. The highest BCUT2D eigenvalue weighted by Crippen LogP contribution is 2.41. The number of benzene rings is 1. The van der Waals surface area contributed by atoms with Crippen molar-refractivity contribution in [2.75, 3.05) is 0 Å². The van der Waals surface area contributed by atoms with E-state index in [0.717, 1.165) is 10.6 Å². The van der Waals surface area contributed by atoms with Gasteiger partial charge >= 0.3 is 0 Å². The van der Waals surface area contributed by atoms with E-state index in [9.17, 15) is 14.7 Å². The Morgan fingerprint density at radius 3 is 2.57 bits per heavy atom. The Morgan fingerprint density at radius 1 is 1.23 bits per heavy atom. The van der Waals surface area contributed by atoms with E-state index in [0.29, 0.717) is 21.2 Å². The second-order valence-electron chi connectivity index (χ2n) is 6.99. The van der Waals surface area contributed by atoms with Crippen LogP contribution in [0.2, 0.25) is 5.02 Å². The normalized spacial score (nSPS) is 16.4. The Bertz CT molecular complexity index is 1160. The number of rotatable bonds is 5. The number of hydrogen-bond donors (Lipinski definition) is 1. The maximum atomic E-state index is 13.4. The molecule has 8 heteroatoms. The van der Waals surface area contributed by atoms with Crippen molar-refractivity contribution in [3.63, 3.8) is 0 Å². The van der Waals surface area contributed by atoms with Crippen LogP contribution in [0.3, 0.4) is 0 Å². The summed E-state index contributed by atoms with van der Waals surface area (Å²) in [6, 6.07) is 9.78. The number of Topliss-reactive ketones (excluding diaryl/α,β-unsaturated/α-hetero) is 1. The summed E-state index contributed by atoms with van der Waals surface area (Å²) in [4.78, 5) is 36.7. The molecule has 0 radical (unpaired) electrons. The molecule has 0 bridgehead atoms. The molecule has 1 aliphatic rings. The molecule has 4 rings (SSSR count). The first-order valence-electron chi connectivity index (χ1n) is 9.24. The van der Waals surface area contributed by atoms with Gasteiger partial charge in [-0.25, -0.2) is 4.98 Å². The second-order valence-corrected chi connectivity index (χ2v) is 8.63. The van der Waals surface area contributed by atoms with E-state index in [-0.39, 0.29) is 12.1 Å². The number of carbonyl (C=O) groups excluding carboxylic acids is 2. The van der Waals surface area contributed by atoms with Crippen molar-refractivity contribution in [1.82, 2.24) is 14.9 Å². The van der Waals surface area contributed by atoms with Gasteiger partial charge in [-0.1, -0.05) is 29.8 Å². The number of ketones is 1. The molecule has 0 saturated carbocycles. The molecule has 2 aromatic heterocycles. The van der Waals surface area contributed by atoms with Crippen molar-refractivity contribution in [1.29, 1.82) is 0 Å². The zero-order chi connectivity index (χ0) is 21.4. The van der Waals surface area contributed by atoms with Crippen LogP contribution >= 0.6 is 22.9 Å². The van der Waals surface area contributed by atoms with Crippen LogP contribution in [-0.4, -0.2) is 31.7 Å². The fourth-order valence-corrected chi connectivity index (χ4v) is 4.59. The minimum Gasteiger partial charge on any atom is -0.503 e. The van der Waals surface area contributed by atoms with Gasteiger partial charge in [-0.3, -0.25) is 14.6 Å². The van der Waals surface area contributed by atoms with E-state index in [4.69, 9.17) is 11.6 Å². The summed E-state index contributed by atoms with van der Waals surface area (Å²) in [5, 5.41) is 12.0. The first-order chi connectivity index (χ1) is 14.4. The average Bonchev–Trinajstić information content (AvgIpc) is 3.20. The Kier molecular flexibility index (Phi) is 5.40. The van der Waals surface area contributed by atoms with Crippen LogP contribution in [-0.2, 0) is 11.3 Å². The fraction of sp³-hybridized carbons (Fsp3) is 0.182. The number of amides is 1. The minimum absolute atomic E-state index is 0.0537. The summed E-state index contributed by atoms with van der Waals surface area (Å²) in [7, 11) is 0. The fourth-order valence-electron chi connectivity index (χ4n) is 3.59. The first-order valence-corrected chi connectivity index (χ1v) is 10.4. The molecule has 30 heavy (non-hydrogen) atoms. The van der Waals surface area contributed by atoms with Crippen LogP contribution in [0.1, 0.15) is 37.5 Å². The SMILES string of the molecule is Cc1nc(C)c(C(=O)C2=C(O)C(=O)N(Cc3cccnc3)[C@H]2c2ccc(Cl)cc2)s1. The summed E-state index contributed by atoms with van der Waals surface area (Å²) in [6.07, 6.45) is 3.30. The molecule has 0 spiro atoms. The number of carbonyl (C=O) groups is 2. The number of thiazole rings is 1. The van der Waals surface area contributed by atoms with Crippen LogP contribution < -0.4 is 0 Å². The quantitative estimate of drug-likeness (QED) is 0.588. The van der Waals surface area contributed by atoms with Crippen LogP contribution in [0.25, 0.3) is 0 Å². The van der Waals surface area contributed by atoms with Crippen molar-refractivity contribution < 1.29 is 14.7 Å². The standard InChI is InChI=1S/C22H18ClN3O3S/c1-12-21(30-13(2)25-12)19(27)17-18(15-5-7-16(23)8-6-15)26(22(29)20(17)28)11-14-4-3-9-24-10-14/h3-10,18,28H,11H2,1-2H3/t18-/m0/s1. The zero-order valence-electron chi connectivity index (χ0n) is 16.3. The molecule has 0 saturated heterocycles. The number of hydrogen-bond acceptors (Lipinski definition) is 6. The van der Waals surface area contributed by atoms with Crippen LogP contribution in [0.15, 0.2) is 60.1 Å². The van der Waals surface area contributed by atoms with E-state index >= 15 is 0 Å². The molecule has 1 aliphatic heterocycles. The number of aliphatic hydroxyl groups excluding tert-OH is 1. The monoisotopic (exact) mass is 439 g/mol. The third kappa shape index (κ3) is 3.62.